The fraction of sp³-hybridized carbons (Fsp3) is 0.296. The van der Waals surface area contributed by atoms with Crippen molar-refractivity contribution in [2.24, 2.45) is 0 Å². The highest BCUT2D eigenvalue weighted by Gasteiger charge is 2.25. The molecule has 0 amide bonds. The average Bonchev–Trinajstić information content (AvgIpc) is 2.84. The number of aromatic nitrogens is 1. The number of benzene rings is 2. The molecule has 0 aliphatic carbocycles. The molecule has 0 radical (unpaired) electrons. The number of methoxy groups -OCH3 is 2. The molecule has 3 rings (SSSR count). The number of rotatable bonds is 9. The molecule has 0 bridgehead atoms. The summed E-state index contributed by atoms with van der Waals surface area (Å²) in [6, 6.07) is 13.7. The van der Waals surface area contributed by atoms with Crippen LogP contribution in [0.25, 0.3) is 0 Å². The number of hydrogen-bond acceptors (Lipinski definition) is 7. The number of ketones is 1. The molecule has 3 aromatic rings. The van der Waals surface area contributed by atoms with Crippen molar-refractivity contribution >= 4 is 5.78 Å². The highest BCUT2D eigenvalue weighted by atomic mass is 16.5. The van der Waals surface area contributed by atoms with Crippen molar-refractivity contribution in [2.45, 2.75) is 39.8 Å². The molecule has 8 nitrogen and oxygen atoms in total. The average molecular weight is 477 g/mol. The lowest BCUT2D eigenvalue weighted by molar-refractivity contribution is 0.103. The van der Waals surface area contributed by atoms with Gasteiger partial charge in [0.25, 0.3) is 5.56 Å². The summed E-state index contributed by atoms with van der Waals surface area (Å²) in [7, 11) is 3.06. The molecule has 0 saturated carbocycles. The van der Waals surface area contributed by atoms with Crippen molar-refractivity contribution in [2.75, 3.05) is 14.2 Å². The predicted molar refractivity (Wildman–Crippen MR) is 131 cm³/mol. The third kappa shape index (κ3) is 5.30. The van der Waals surface area contributed by atoms with Crippen LogP contribution >= 0.6 is 0 Å². The number of aryl methyl sites for hydroxylation is 1. The lowest BCUT2D eigenvalue weighted by Crippen LogP contribution is -2.27. The van der Waals surface area contributed by atoms with Gasteiger partial charge in [-0.05, 0) is 74.7 Å². The van der Waals surface area contributed by atoms with E-state index in [9.17, 15) is 20.0 Å². The number of carbonyl (C=O) groups excluding carboxylic acids is 1. The van der Waals surface area contributed by atoms with Gasteiger partial charge in [0.15, 0.2) is 17.3 Å². The Kier molecular flexibility index (Phi) is 7.82. The van der Waals surface area contributed by atoms with Crippen LogP contribution in [-0.2, 0) is 13.0 Å². The highest BCUT2D eigenvalue weighted by Crippen LogP contribution is 2.29. The summed E-state index contributed by atoms with van der Waals surface area (Å²) in [5.41, 5.74) is 0.351. The predicted octanol–water partition coefficient (Wildman–Crippen LogP) is 4.01. The molecule has 0 saturated heterocycles. The van der Waals surface area contributed by atoms with E-state index in [1.165, 1.54) is 21.1 Å². The van der Waals surface area contributed by atoms with Crippen LogP contribution in [0.5, 0.6) is 23.1 Å². The molecule has 182 valence electrons. The first-order valence-corrected chi connectivity index (χ1v) is 11.1. The van der Waals surface area contributed by atoms with Crippen LogP contribution < -0.4 is 19.8 Å². The summed E-state index contributed by atoms with van der Waals surface area (Å²) in [5.74, 6) is 0.738. The lowest BCUT2D eigenvalue weighted by atomic mass is 9.97. The molecule has 2 aromatic carbocycles. The number of hydrogen-bond donors (Lipinski definition) is 1. The van der Waals surface area contributed by atoms with E-state index in [-0.39, 0.29) is 29.3 Å². The molecule has 8 heteroatoms. The Morgan fingerprint density at radius 1 is 1.09 bits per heavy atom. The monoisotopic (exact) mass is 476 g/mol. The van der Waals surface area contributed by atoms with E-state index < -0.39 is 17.2 Å². The second-order valence-corrected chi connectivity index (χ2v) is 8.23. The van der Waals surface area contributed by atoms with Crippen LogP contribution in [0.3, 0.4) is 0 Å². The third-order valence-electron chi connectivity index (χ3n) is 5.59. The van der Waals surface area contributed by atoms with Crippen molar-refractivity contribution < 1.29 is 24.1 Å². The van der Waals surface area contributed by atoms with Crippen molar-refractivity contribution in [1.29, 1.82) is 5.26 Å². The minimum atomic E-state index is -0.653. The van der Waals surface area contributed by atoms with Crippen molar-refractivity contribution in [3.63, 3.8) is 0 Å². The number of ether oxygens (including phenoxy) is 3. The van der Waals surface area contributed by atoms with Crippen LogP contribution in [0, 0.1) is 18.3 Å². The van der Waals surface area contributed by atoms with Gasteiger partial charge in [-0.3, -0.25) is 14.2 Å². The molecule has 1 N–H and O–H groups in total. The van der Waals surface area contributed by atoms with Gasteiger partial charge in [-0.1, -0.05) is 6.07 Å². The van der Waals surface area contributed by atoms with Gasteiger partial charge in [0.2, 0.25) is 5.88 Å². The maximum absolute atomic E-state index is 13.3. The highest BCUT2D eigenvalue weighted by molar-refractivity contribution is 6.11. The second kappa shape index (κ2) is 10.8. The zero-order valence-electron chi connectivity index (χ0n) is 20.4. The van der Waals surface area contributed by atoms with E-state index in [0.29, 0.717) is 29.2 Å². The first-order valence-electron chi connectivity index (χ1n) is 11.1. The molecular formula is C27H28N2O6. The molecule has 1 heterocycles. The van der Waals surface area contributed by atoms with Crippen LogP contribution in [0.1, 0.15) is 46.5 Å². The quantitative estimate of drug-likeness (QED) is 0.465. The Hall–Kier alpha value is -4.25. The van der Waals surface area contributed by atoms with Crippen molar-refractivity contribution in [1.82, 2.24) is 4.57 Å². The summed E-state index contributed by atoms with van der Waals surface area (Å²) in [5, 5.41) is 20.6. The Balaban J connectivity index is 1.99. The first-order chi connectivity index (χ1) is 16.7. The molecule has 0 atom stereocenters. The SMILES string of the molecule is COc1ccc(CCn2c(O)c(C(=O)c3ccc(OC(C)C)cc3)c(C)c(C#N)c2=O)cc1OC. The molecular weight excluding hydrogens is 448 g/mol. The second-order valence-electron chi connectivity index (χ2n) is 8.23. The Morgan fingerprint density at radius 2 is 1.74 bits per heavy atom. The van der Waals surface area contributed by atoms with Gasteiger partial charge < -0.3 is 19.3 Å². The number of pyridine rings is 1. The first kappa shape index (κ1) is 25.4. The van der Waals surface area contributed by atoms with Gasteiger partial charge >= 0.3 is 0 Å². The van der Waals surface area contributed by atoms with Crippen molar-refractivity contribution in [3.05, 3.63) is 80.6 Å². The van der Waals surface area contributed by atoms with Crippen LogP contribution in [-0.4, -0.2) is 35.8 Å². The standard InChI is InChI=1S/C27H28N2O6/c1-16(2)35-20-9-7-19(8-10-20)25(30)24-17(3)21(15-28)26(31)29(27(24)32)13-12-18-6-11-22(33-4)23(14-18)34-5/h6-11,14,16,32H,12-13H2,1-5H3. The van der Waals surface area contributed by atoms with Gasteiger partial charge in [0, 0.05) is 12.1 Å². The van der Waals surface area contributed by atoms with Crippen LogP contribution in [0.4, 0.5) is 0 Å². The smallest absolute Gasteiger partial charge is 0.271 e. The number of carbonyl (C=O) groups is 1. The summed E-state index contributed by atoms with van der Waals surface area (Å²) in [6.07, 6.45) is 0.326. The number of nitriles is 1. The van der Waals surface area contributed by atoms with Gasteiger partial charge in [0.1, 0.15) is 17.4 Å². The van der Waals surface area contributed by atoms with Crippen LogP contribution in [0.15, 0.2) is 47.3 Å². The van der Waals surface area contributed by atoms with Crippen molar-refractivity contribution in [3.8, 4) is 29.2 Å². The maximum Gasteiger partial charge on any atom is 0.271 e. The molecule has 0 aliphatic rings. The van der Waals surface area contributed by atoms with E-state index in [4.69, 9.17) is 14.2 Å². The van der Waals surface area contributed by atoms with E-state index >= 15 is 0 Å². The van der Waals surface area contributed by atoms with E-state index in [1.807, 2.05) is 26.0 Å². The van der Waals surface area contributed by atoms with Crippen LogP contribution in [0.2, 0.25) is 0 Å². The summed E-state index contributed by atoms with van der Waals surface area (Å²) >= 11 is 0. The lowest BCUT2D eigenvalue weighted by Gasteiger charge is -2.16. The summed E-state index contributed by atoms with van der Waals surface area (Å²) < 4.78 is 17.2. The molecule has 0 fully saturated rings. The third-order valence-corrected chi connectivity index (χ3v) is 5.59. The Bertz CT molecular complexity index is 1330. The van der Waals surface area contributed by atoms with E-state index in [1.54, 1.807) is 36.4 Å². The van der Waals surface area contributed by atoms with E-state index in [2.05, 4.69) is 0 Å². The Labute approximate surface area is 203 Å². The topological polar surface area (TPSA) is 111 Å². The number of aromatic hydroxyl groups is 1. The molecule has 35 heavy (non-hydrogen) atoms. The number of nitrogens with zero attached hydrogens (tertiary/aromatic N) is 2. The summed E-state index contributed by atoms with van der Waals surface area (Å²) in [4.78, 5) is 26.3. The van der Waals surface area contributed by atoms with Gasteiger partial charge in [-0.2, -0.15) is 5.26 Å². The zero-order valence-corrected chi connectivity index (χ0v) is 20.4. The molecule has 0 unspecified atom stereocenters. The fourth-order valence-electron chi connectivity index (χ4n) is 3.81. The van der Waals surface area contributed by atoms with Gasteiger partial charge in [-0.15, -0.1) is 0 Å². The molecule has 0 spiro atoms. The normalized spacial score (nSPS) is 10.7. The van der Waals surface area contributed by atoms with E-state index in [0.717, 1.165) is 10.1 Å². The zero-order chi connectivity index (χ0) is 25.7. The fourth-order valence-corrected chi connectivity index (χ4v) is 3.81. The largest absolute Gasteiger partial charge is 0.494 e. The molecule has 0 aliphatic heterocycles. The maximum atomic E-state index is 13.3. The Morgan fingerprint density at radius 3 is 2.31 bits per heavy atom. The minimum absolute atomic E-state index is 0.0183. The molecule has 1 aromatic heterocycles. The summed E-state index contributed by atoms with van der Waals surface area (Å²) in [6.45, 7) is 5.34. The van der Waals surface area contributed by atoms with Gasteiger partial charge in [-0.25, -0.2) is 0 Å². The minimum Gasteiger partial charge on any atom is -0.494 e. The van der Waals surface area contributed by atoms with Gasteiger partial charge in [0.05, 0.1) is 25.9 Å².